The average molecular weight is 283 g/mol. The summed E-state index contributed by atoms with van der Waals surface area (Å²) in [5.74, 6) is -0.294. The number of carboxylic acid groups (broad SMARTS) is 1. The first-order chi connectivity index (χ1) is 9.48. The van der Waals surface area contributed by atoms with Crippen molar-refractivity contribution in [3.8, 4) is 0 Å². The Morgan fingerprint density at radius 2 is 1.90 bits per heavy atom. The Morgan fingerprint density at radius 1 is 1.25 bits per heavy atom. The summed E-state index contributed by atoms with van der Waals surface area (Å²) in [5.41, 5.74) is -1.11. The lowest BCUT2D eigenvalue weighted by Gasteiger charge is -2.26. The van der Waals surface area contributed by atoms with Crippen molar-refractivity contribution >= 4 is 11.9 Å². The highest BCUT2D eigenvalue weighted by Crippen LogP contribution is 2.27. The average Bonchev–Trinajstić information content (AvgIpc) is 2.40. The van der Waals surface area contributed by atoms with Crippen LogP contribution in [-0.2, 0) is 9.59 Å². The number of hydrogen-bond acceptors (Lipinski definition) is 2. The van der Waals surface area contributed by atoms with Gasteiger partial charge in [0.1, 0.15) is 5.54 Å². The van der Waals surface area contributed by atoms with Gasteiger partial charge in [-0.3, -0.25) is 4.79 Å². The van der Waals surface area contributed by atoms with Gasteiger partial charge in [-0.25, -0.2) is 4.79 Å². The lowest BCUT2D eigenvalue weighted by atomic mass is 9.86. The summed E-state index contributed by atoms with van der Waals surface area (Å²) in [4.78, 5) is 23.2. The van der Waals surface area contributed by atoms with E-state index in [0.29, 0.717) is 12.8 Å². The van der Waals surface area contributed by atoms with E-state index >= 15 is 0 Å². The summed E-state index contributed by atoms with van der Waals surface area (Å²) >= 11 is 0. The van der Waals surface area contributed by atoms with Gasteiger partial charge in [0.15, 0.2) is 0 Å². The van der Waals surface area contributed by atoms with E-state index in [2.05, 4.69) is 5.32 Å². The Balaban J connectivity index is 2.29. The maximum atomic E-state index is 11.9. The predicted octanol–water partition coefficient (Wildman–Crippen LogP) is 3.50. The smallest absolute Gasteiger partial charge is 0.329 e. The Kier molecular flexibility index (Phi) is 7.03. The number of amides is 1. The van der Waals surface area contributed by atoms with E-state index in [9.17, 15) is 14.7 Å². The molecule has 20 heavy (non-hydrogen) atoms. The van der Waals surface area contributed by atoms with Gasteiger partial charge in [-0.1, -0.05) is 45.4 Å². The number of aliphatic carboxylic acids is 1. The third-order valence-corrected chi connectivity index (χ3v) is 4.38. The largest absolute Gasteiger partial charge is 0.480 e. The van der Waals surface area contributed by atoms with Gasteiger partial charge in [-0.05, 0) is 32.1 Å². The van der Waals surface area contributed by atoms with Crippen molar-refractivity contribution in [1.82, 2.24) is 5.32 Å². The van der Waals surface area contributed by atoms with Crippen molar-refractivity contribution in [2.45, 2.75) is 83.6 Å². The number of carboxylic acids is 1. The molecule has 1 aliphatic rings. The number of carbonyl (C=O) groups excluding carboxylic acids is 1. The maximum absolute atomic E-state index is 11.9. The molecule has 1 aliphatic carbocycles. The number of nitrogens with one attached hydrogen (secondary N) is 1. The molecular weight excluding hydrogens is 254 g/mol. The van der Waals surface area contributed by atoms with Crippen LogP contribution in [0.1, 0.15) is 78.1 Å². The highest BCUT2D eigenvalue weighted by molar-refractivity contribution is 5.86. The van der Waals surface area contributed by atoms with Crippen LogP contribution in [0, 0.1) is 5.92 Å². The van der Waals surface area contributed by atoms with Crippen molar-refractivity contribution in [3.05, 3.63) is 0 Å². The minimum atomic E-state index is -1.11. The molecule has 1 saturated carbocycles. The topological polar surface area (TPSA) is 66.4 Å². The van der Waals surface area contributed by atoms with Gasteiger partial charge in [-0.15, -0.1) is 0 Å². The van der Waals surface area contributed by atoms with Crippen molar-refractivity contribution in [2.75, 3.05) is 0 Å². The van der Waals surface area contributed by atoms with E-state index in [0.717, 1.165) is 25.2 Å². The van der Waals surface area contributed by atoms with Gasteiger partial charge in [-0.2, -0.15) is 0 Å². The van der Waals surface area contributed by atoms with Crippen molar-refractivity contribution < 1.29 is 14.7 Å². The fourth-order valence-corrected chi connectivity index (χ4v) is 3.12. The van der Waals surface area contributed by atoms with E-state index in [1.165, 1.54) is 32.1 Å². The molecule has 1 rings (SSSR count). The van der Waals surface area contributed by atoms with E-state index in [4.69, 9.17) is 0 Å². The summed E-state index contributed by atoms with van der Waals surface area (Å²) in [7, 11) is 0. The molecule has 1 amide bonds. The van der Waals surface area contributed by atoms with Crippen LogP contribution < -0.4 is 5.32 Å². The molecule has 1 atom stereocenters. The summed E-state index contributed by atoms with van der Waals surface area (Å²) < 4.78 is 0. The molecule has 0 aromatic heterocycles. The zero-order valence-electron chi connectivity index (χ0n) is 12.9. The molecule has 0 bridgehead atoms. The molecule has 1 fully saturated rings. The second-order valence-corrected chi connectivity index (χ2v) is 6.33. The summed E-state index contributed by atoms with van der Waals surface area (Å²) in [6.45, 7) is 3.52. The van der Waals surface area contributed by atoms with Gasteiger partial charge < -0.3 is 10.4 Å². The lowest BCUT2D eigenvalue weighted by molar-refractivity contribution is -0.147. The molecular formula is C16H29NO3. The summed E-state index contributed by atoms with van der Waals surface area (Å²) in [5, 5.41) is 11.9. The Bertz CT molecular complexity index is 324. The van der Waals surface area contributed by atoms with E-state index in [1.54, 1.807) is 6.92 Å². The second-order valence-electron chi connectivity index (χ2n) is 6.33. The van der Waals surface area contributed by atoms with Crippen LogP contribution >= 0.6 is 0 Å². The fraction of sp³-hybridized carbons (Fsp3) is 0.875. The van der Waals surface area contributed by atoms with Crippen LogP contribution in [-0.4, -0.2) is 22.5 Å². The quantitative estimate of drug-likeness (QED) is 0.716. The molecule has 0 saturated heterocycles. The highest BCUT2D eigenvalue weighted by Gasteiger charge is 2.33. The maximum Gasteiger partial charge on any atom is 0.329 e. The molecule has 4 heteroatoms. The lowest BCUT2D eigenvalue weighted by Crippen LogP contribution is -2.52. The minimum Gasteiger partial charge on any atom is -0.480 e. The SMILES string of the molecule is CCCC(C)(NC(=O)CCCC1CCCCC1)C(=O)O. The summed E-state index contributed by atoms with van der Waals surface area (Å²) in [6, 6.07) is 0. The predicted molar refractivity (Wildman–Crippen MR) is 79.5 cm³/mol. The number of hydrogen-bond donors (Lipinski definition) is 2. The van der Waals surface area contributed by atoms with Gasteiger partial charge >= 0.3 is 5.97 Å². The molecule has 0 radical (unpaired) electrons. The second kappa shape index (κ2) is 8.28. The first-order valence-electron chi connectivity index (χ1n) is 8.02. The third-order valence-electron chi connectivity index (χ3n) is 4.38. The summed E-state index contributed by atoms with van der Waals surface area (Å²) in [6.07, 6.45) is 10.2. The number of carbonyl (C=O) groups is 2. The van der Waals surface area contributed by atoms with Crippen LogP contribution in [0.5, 0.6) is 0 Å². The standard InChI is InChI=1S/C16H29NO3/c1-3-12-16(2,15(19)20)17-14(18)11-7-10-13-8-5-4-6-9-13/h13H,3-12H2,1-2H3,(H,17,18)(H,19,20). The van der Waals surface area contributed by atoms with Crippen LogP contribution in [0.4, 0.5) is 0 Å². The molecule has 0 spiro atoms. The van der Waals surface area contributed by atoms with E-state index in [-0.39, 0.29) is 5.91 Å². The van der Waals surface area contributed by atoms with Crippen LogP contribution in [0.25, 0.3) is 0 Å². The molecule has 116 valence electrons. The first-order valence-corrected chi connectivity index (χ1v) is 8.02. The van der Waals surface area contributed by atoms with Gasteiger partial charge in [0.25, 0.3) is 0 Å². The van der Waals surface area contributed by atoms with Gasteiger partial charge in [0.05, 0.1) is 0 Å². The van der Waals surface area contributed by atoms with E-state index < -0.39 is 11.5 Å². The normalized spacial score (nSPS) is 19.3. The Morgan fingerprint density at radius 3 is 2.45 bits per heavy atom. The zero-order chi connectivity index (χ0) is 15.0. The van der Waals surface area contributed by atoms with Crippen molar-refractivity contribution in [2.24, 2.45) is 5.92 Å². The molecule has 1 unspecified atom stereocenters. The molecule has 0 aliphatic heterocycles. The van der Waals surface area contributed by atoms with Crippen molar-refractivity contribution in [1.29, 1.82) is 0 Å². The fourth-order valence-electron chi connectivity index (χ4n) is 3.12. The minimum absolute atomic E-state index is 0.126. The molecule has 0 heterocycles. The van der Waals surface area contributed by atoms with Crippen LogP contribution in [0.3, 0.4) is 0 Å². The first kappa shape index (κ1) is 17.0. The Labute approximate surface area is 122 Å². The number of rotatable bonds is 8. The van der Waals surface area contributed by atoms with E-state index in [1.807, 2.05) is 6.92 Å². The highest BCUT2D eigenvalue weighted by atomic mass is 16.4. The van der Waals surface area contributed by atoms with Crippen LogP contribution in [0.2, 0.25) is 0 Å². The van der Waals surface area contributed by atoms with Gasteiger partial charge in [0, 0.05) is 6.42 Å². The monoisotopic (exact) mass is 283 g/mol. The molecule has 2 N–H and O–H groups in total. The molecule has 4 nitrogen and oxygen atoms in total. The third kappa shape index (κ3) is 5.51. The zero-order valence-corrected chi connectivity index (χ0v) is 12.9. The Hall–Kier alpha value is -1.06. The van der Waals surface area contributed by atoms with Crippen molar-refractivity contribution in [3.63, 3.8) is 0 Å². The molecule has 0 aromatic carbocycles. The molecule has 0 aromatic rings. The van der Waals surface area contributed by atoms with Crippen LogP contribution in [0.15, 0.2) is 0 Å². The van der Waals surface area contributed by atoms with Gasteiger partial charge in [0.2, 0.25) is 5.91 Å².